The van der Waals surface area contributed by atoms with Crippen LogP contribution in [0.4, 0.5) is 0 Å². The molecular formula is C26H37NO7. The van der Waals surface area contributed by atoms with Crippen molar-refractivity contribution in [2.24, 2.45) is 23.2 Å². The lowest BCUT2D eigenvalue weighted by Crippen LogP contribution is -2.68. The van der Waals surface area contributed by atoms with Crippen LogP contribution in [-0.2, 0) is 14.3 Å². The van der Waals surface area contributed by atoms with Crippen molar-refractivity contribution in [1.82, 2.24) is 4.98 Å². The molecule has 0 radical (unpaired) electrons. The number of aldehydes is 1. The molecule has 1 aromatic rings. The minimum absolute atomic E-state index is 0.00694. The molecule has 2 heterocycles. The summed E-state index contributed by atoms with van der Waals surface area (Å²) >= 11 is 0. The SMILES string of the molecule is CO.CO/C(=C\C1=C(C=O)C(O)C2C3(C)CCC(O)C(C)C3CC(O)C2(C)O1)c1cccnc1. The number of nitrogens with zero attached hydrogens (tertiary/aromatic N) is 1. The minimum Gasteiger partial charge on any atom is -0.496 e. The summed E-state index contributed by atoms with van der Waals surface area (Å²) in [5.41, 5.74) is -0.662. The summed E-state index contributed by atoms with van der Waals surface area (Å²) < 4.78 is 11.9. The highest BCUT2D eigenvalue weighted by molar-refractivity contribution is 5.78. The van der Waals surface area contributed by atoms with Crippen molar-refractivity contribution in [3.63, 3.8) is 0 Å². The Labute approximate surface area is 200 Å². The molecule has 1 aliphatic heterocycles. The van der Waals surface area contributed by atoms with Crippen molar-refractivity contribution in [1.29, 1.82) is 0 Å². The second kappa shape index (κ2) is 10.2. The first-order valence-corrected chi connectivity index (χ1v) is 11.7. The number of rotatable bonds is 4. The van der Waals surface area contributed by atoms with Crippen LogP contribution in [-0.4, -0.2) is 69.8 Å². The summed E-state index contributed by atoms with van der Waals surface area (Å²) in [6.07, 6.45) is 4.85. The molecule has 8 heteroatoms. The van der Waals surface area contributed by atoms with Crippen LogP contribution in [0, 0.1) is 23.2 Å². The van der Waals surface area contributed by atoms with Crippen molar-refractivity contribution >= 4 is 12.0 Å². The van der Waals surface area contributed by atoms with E-state index in [2.05, 4.69) is 11.9 Å². The molecule has 0 aromatic carbocycles. The van der Waals surface area contributed by atoms with Gasteiger partial charge in [0.2, 0.25) is 0 Å². The summed E-state index contributed by atoms with van der Waals surface area (Å²) in [5.74, 6) is 0.117. The van der Waals surface area contributed by atoms with Gasteiger partial charge >= 0.3 is 0 Å². The number of aromatic nitrogens is 1. The van der Waals surface area contributed by atoms with Crippen molar-refractivity contribution in [2.75, 3.05) is 14.2 Å². The highest BCUT2D eigenvalue weighted by Gasteiger charge is 2.66. The first-order chi connectivity index (χ1) is 16.2. The summed E-state index contributed by atoms with van der Waals surface area (Å²) in [7, 11) is 2.51. The average Bonchev–Trinajstić information content (AvgIpc) is 2.84. The van der Waals surface area contributed by atoms with E-state index in [-0.39, 0.29) is 23.2 Å². The normalized spacial score (nSPS) is 39.6. The van der Waals surface area contributed by atoms with Gasteiger partial charge in [0.05, 0.1) is 31.0 Å². The van der Waals surface area contributed by atoms with Gasteiger partial charge in [-0.1, -0.05) is 13.8 Å². The molecule has 0 saturated heterocycles. The zero-order chi connectivity index (χ0) is 25.3. The van der Waals surface area contributed by atoms with E-state index in [1.54, 1.807) is 24.5 Å². The highest BCUT2D eigenvalue weighted by atomic mass is 16.5. The Hall–Kier alpha value is -2.26. The number of allylic oxidation sites excluding steroid dienone is 1. The lowest BCUT2D eigenvalue weighted by Gasteiger charge is -2.63. The van der Waals surface area contributed by atoms with Gasteiger partial charge in [0.1, 0.15) is 17.1 Å². The lowest BCUT2D eigenvalue weighted by molar-refractivity contribution is -0.250. The van der Waals surface area contributed by atoms with Crippen LogP contribution in [0.25, 0.3) is 5.76 Å². The molecule has 0 amide bonds. The molecule has 2 aliphatic carbocycles. The molecule has 2 fully saturated rings. The molecule has 188 valence electrons. The molecule has 0 spiro atoms. The largest absolute Gasteiger partial charge is 0.496 e. The first-order valence-electron chi connectivity index (χ1n) is 11.7. The molecule has 2 saturated carbocycles. The number of methoxy groups -OCH3 is 1. The lowest BCUT2D eigenvalue weighted by atomic mass is 9.46. The van der Waals surface area contributed by atoms with Crippen molar-refractivity contribution in [2.45, 2.75) is 63.9 Å². The van der Waals surface area contributed by atoms with Gasteiger partial charge in [0.25, 0.3) is 0 Å². The second-order valence-electron chi connectivity index (χ2n) is 9.93. The molecule has 8 unspecified atom stereocenters. The van der Waals surface area contributed by atoms with Crippen LogP contribution >= 0.6 is 0 Å². The Morgan fingerprint density at radius 3 is 2.56 bits per heavy atom. The molecule has 4 rings (SSSR count). The van der Waals surface area contributed by atoms with E-state index in [1.165, 1.54) is 7.11 Å². The van der Waals surface area contributed by atoms with Gasteiger partial charge in [-0.15, -0.1) is 0 Å². The zero-order valence-corrected chi connectivity index (χ0v) is 20.5. The fourth-order valence-corrected chi connectivity index (χ4v) is 6.54. The Morgan fingerprint density at radius 2 is 1.97 bits per heavy atom. The fourth-order valence-electron chi connectivity index (χ4n) is 6.54. The summed E-state index contributed by atoms with van der Waals surface area (Å²) in [6, 6.07) is 3.60. The molecule has 8 nitrogen and oxygen atoms in total. The average molecular weight is 476 g/mol. The topological polar surface area (TPSA) is 129 Å². The van der Waals surface area contributed by atoms with Gasteiger partial charge in [-0.25, -0.2) is 0 Å². The van der Waals surface area contributed by atoms with E-state index in [4.69, 9.17) is 14.6 Å². The maximum atomic E-state index is 12.1. The Bertz CT molecular complexity index is 932. The van der Waals surface area contributed by atoms with Crippen molar-refractivity contribution < 1.29 is 34.7 Å². The molecule has 1 aromatic heterocycles. The standard InChI is InChI=1S/C25H33NO6.CH4O/c1-14-17-10-21(29)25(3)23(24(17,2)8-7-18(14)28)22(30)16(13-27)20(32-25)11-19(31-4)15-6-5-9-26-12-15;1-2/h5-6,9,11-14,17-18,21-23,28-30H,7-8,10H2,1-4H3;2H,1H3/b19-11-;. The third-order valence-corrected chi connectivity index (χ3v) is 8.34. The number of carbonyl (C=O) groups excluding carboxylic acids is 1. The first kappa shape index (κ1) is 26.3. The minimum atomic E-state index is -1.12. The smallest absolute Gasteiger partial charge is 0.152 e. The van der Waals surface area contributed by atoms with Crippen molar-refractivity contribution in [3.05, 3.63) is 47.5 Å². The van der Waals surface area contributed by atoms with Crippen LogP contribution in [0.5, 0.6) is 0 Å². The Kier molecular flexibility index (Phi) is 7.87. The monoisotopic (exact) mass is 475 g/mol. The van der Waals surface area contributed by atoms with E-state index in [1.807, 2.05) is 19.9 Å². The van der Waals surface area contributed by atoms with Gasteiger partial charge in [-0.3, -0.25) is 9.78 Å². The fraction of sp³-hybridized carbons (Fsp3) is 0.615. The Balaban J connectivity index is 0.00000158. The number of hydrogen-bond donors (Lipinski definition) is 4. The van der Waals surface area contributed by atoms with Gasteiger partial charge in [0, 0.05) is 37.1 Å². The predicted octanol–water partition coefficient (Wildman–Crippen LogP) is 2.07. The Morgan fingerprint density at radius 1 is 1.26 bits per heavy atom. The number of hydrogen-bond acceptors (Lipinski definition) is 8. The molecule has 4 N–H and O–H groups in total. The highest BCUT2D eigenvalue weighted by Crippen LogP contribution is 2.62. The quantitative estimate of drug-likeness (QED) is 0.385. The summed E-state index contributed by atoms with van der Waals surface area (Å²) in [4.78, 5) is 16.2. The molecule has 3 aliphatic rings. The number of fused-ring (bicyclic) bond motifs is 3. The van der Waals surface area contributed by atoms with Gasteiger partial charge in [-0.2, -0.15) is 0 Å². The maximum absolute atomic E-state index is 12.1. The second-order valence-corrected chi connectivity index (χ2v) is 9.93. The summed E-state index contributed by atoms with van der Waals surface area (Å²) in [6.45, 7) is 5.91. The van der Waals surface area contributed by atoms with E-state index in [0.29, 0.717) is 36.9 Å². The van der Waals surface area contributed by atoms with E-state index in [0.717, 1.165) is 7.11 Å². The predicted molar refractivity (Wildman–Crippen MR) is 126 cm³/mol. The number of aliphatic hydroxyl groups is 4. The third kappa shape index (κ3) is 4.17. The van der Waals surface area contributed by atoms with Gasteiger partial charge in [-0.05, 0) is 55.6 Å². The number of carbonyl (C=O) groups is 1. The molecule has 0 bridgehead atoms. The van der Waals surface area contributed by atoms with Crippen LogP contribution in [0.2, 0.25) is 0 Å². The number of aliphatic hydroxyl groups excluding tert-OH is 4. The number of pyridine rings is 1. The summed E-state index contributed by atoms with van der Waals surface area (Å²) in [5, 5.41) is 40.2. The van der Waals surface area contributed by atoms with Crippen LogP contribution in [0.3, 0.4) is 0 Å². The van der Waals surface area contributed by atoms with Crippen molar-refractivity contribution in [3.8, 4) is 0 Å². The van der Waals surface area contributed by atoms with Crippen LogP contribution < -0.4 is 0 Å². The molecular weight excluding hydrogens is 438 g/mol. The maximum Gasteiger partial charge on any atom is 0.152 e. The number of ether oxygens (including phenoxy) is 2. The van der Waals surface area contributed by atoms with Crippen LogP contribution in [0.1, 0.15) is 45.6 Å². The van der Waals surface area contributed by atoms with Crippen LogP contribution in [0.15, 0.2) is 41.9 Å². The molecule has 8 atom stereocenters. The van der Waals surface area contributed by atoms with E-state index >= 15 is 0 Å². The van der Waals surface area contributed by atoms with E-state index in [9.17, 15) is 20.1 Å². The zero-order valence-electron chi connectivity index (χ0n) is 20.5. The third-order valence-electron chi connectivity index (χ3n) is 8.34. The van der Waals surface area contributed by atoms with E-state index < -0.39 is 35.2 Å². The molecule has 34 heavy (non-hydrogen) atoms. The van der Waals surface area contributed by atoms with Gasteiger partial charge < -0.3 is 29.9 Å². The van der Waals surface area contributed by atoms with Gasteiger partial charge in [0.15, 0.2) is 6.29 Å².